The van der Waals surface area contributed by atoms with Crippen LogP contribution in [-0.2, 0) is 13.2 Å². The molecule has 0 radical (unpaired) electrons. The van der Waals surface area contributed by atoms with Gasteiger partial charge in [-0.2, -0.15) is 5.10 Å². The maximum Gasteiger partial charge on any atom is 0.205 e. The fourth-order valence-electron chi connectivity index (χ4n) is 2.86. The monoisotopic (exact) mass is 508 g/mol. The molecular weight excluding hydrogens is 491 g/mol. The van der Waals surface area contributed by atoms with Gasteiger partial charge in [0.15, 0.2) is 11.5 Å². The van der Waals surface area contributed by atoms with Crippen LogP contribution in [0.5, 0.6) is 11.5 Å². The van der Waals surface area contributed by atoms with Gasteiger partial charge in [-0.05, 0) is 58.8 Å². The van der Waals surface area contributed by atoms with Gasteiger partial charge in [0.2, 0.25) is 5.78 Å². The Morgan fingerprint density at radius 3 is 2.73 bits per heavy atom. The van der Waals surface area contributed by atoms with Gasteiger partial charge in [0.25, 0.3) is 0 Å². The number of carbonyl (C=O) groups is 1. The number of rotatable bonds is 8. The van der Waals surface area contributed by atoms with Gasteiger partial charge in [0.05, 0.1) is 27.8 Å². The summed E-state index contributed by atoms with van der Waals surface area (Å²) in [5.41, 5.74) is 2.06. The van der Waals surface area contributed by atoms with Crippen LogP contribution in [0.2, 0.25) is 10.0 Å². The predicted molar refractivity (Wildman–Crippen MR) is 123 cm³/mol. The lowest BCUT2D eigenvalue weighted by Gasteiger charge is -2.14. The molecule has 1 heterocycles. The van der Waals surface area contributed by atoms with E-state index in [0.29, 0.717) is 43.8 Å². The van der Waals surface area contributed by atoms with Gasteiger partial charge in [0.1, 0.15) is 12.3 Å². The van der Waals surface area contributed by atoms with Gasteiger partial charge >= 0.3 is 0 Å². The molecule has 0 N–H and O–H groups in total. The molecule has 8 heteroatoms. The van der Waals surface area contributed by atoms with Crippen molar-refractivity contribution in [2.75, 3.05) is 7.11 Å². The van der Waals surface area contributed by atoms with Crippen LogP contribution in [0.3, 0.4) is 0 Å². The summed E-state index contributed by atoms with van der Waals surface area (Å²) in [6.07, 6.45) is 4.81. The van der Waals surface area contributed by atoms with E-state index in [4.69, 9.17) is 32.7 Å². The number of aromatic nitrogens is 2. The first-order valence-electron chi connectivity index (χ1n) is 9.12. The van der Waals surface area contributed by atoms with Crippen molar-refractivity contribution in [2.24, 2.45) is 0 Å². The number of methoxy groups -OCH3 is 1. The number of hydrogen-bond donors (Lipinski definition) is 0. The standard InChI is InChI=1S/C22H19BrCl2N2O3/c1-3-27-21(16(23)12-26-27)19(28)10-8-15-5-4-6-20(29-2)22(15)30-13-14-7-9-17(24)18(25)11-14/h4-12H,3,13H2,1-2H3/b10-8+. The number of benzene rings is 2. The van der Waals surface area contributed by atoms with Crippen LogP contribution in [0.4, 0.5) is 0 Å². The van der Waals surface area contributed by atoms with Gasteiger partial charge in [-0.3, -0.25) is 9.48 Å². The van der Waals surface area contributed by atoms with Gasteiger partial charge in [-0.1, -0.05) is 41.4 Å². The molecule has 156 valence electrons. The summed E-state index contributed by atoms with van der Waals surface area (Å²) in [6.45, 7) is 2.79. The predicted octanol–water partition coefficient (Wildman–Crippen LogP) is 6.46. The number of ether oxygens (including phenoxy) is 2. The van der Waals surface area contributed by atoms with E-state index in [0.717, 1.165) is 5.56 Å². The molecule has 30 heavy (non-hydrogen) atoms. The highest BCUT2D eigenvalue weighted by molar-refractivity contribution is 9.10. The Labute approximate surface area is 193 Å². The highest BCUT2D eigenvalue weighted by atomic mass is 79.9. The Kier molecular flexibility index (Phi) is 7.58. The SMILES string of the molecule is CCn1ncc(Br)c1C(=O)/C=C/c1cccc(OC)c1OCc1ccc(Cl)c(Cl)c1. The summed E-state index contributed by atoms with van der Waals surface area (Å²) in [4.78, 5) is 12.7. The lowest BCUT2D eigenvalue weighted by molar-refractivity contribution is 0.103. The molecule has 0 atom stereocenters. The number of aryl methyl sites for hydroxylation is 1. The van der Waals surface area contributed by atoms with Crippen molar-refractivity contribution in [3.8, 4) is 11.5 Å². The van der Waals surface area contributed by atoms with Gasteiger partial charge in [-0.15, -0.1) is 0 Å². The Morgan fingerprint density at radius 1 is 1.23 bits per heavy atom. The number of hydrogen-bond acceptors (Lipinski definition) is 4. The average molecular weight is 510 g/mol. The van der Waals surface area contributed by atoms with Crippen molar-refractivity contribution in [3.63, 3.8) is 0 Å². The van der Waals surface area contributed by atoms with Gasteiger partial charge < -0.3 is 9.47 Å². The molecule has 0 unspecified atom stereocenters. The summed E-state index contributed by atoms with van der Waals surface area (Å²) in [5, 5.41) is 5.13. The molecular formula is C22H19BrCl2N2O3. The molecule has 5 nitrogen and oxygen atoms in total. The Bertz CT molecular complexity index is 1100. The highest BCUT2D eigenvalue weighted by Crippen LogP contribution is 2.33. The molecule has 2 aromatic carbocycles. The van der Waals surface area contributed by atoms with Crippen LogP contribution < -0.4 is 9.47 Å². The minimum atomic E-state index is -0.167. The third kappa shape index (κ3) is 5.06. The van der Waals surface area contributed by atoms with Crippen LogP contribution in [0.1, 0.15) is 28.5 Å². The number of ketones is 1. The van der Waals surface area contributed by atoms with E-state index < -0.39 is 0 Å². The Balaban J connectivity index is 1.86. The van der Waals surface area contributed by atoms with Crippen LogP contribution in [-0.4, -0.2) is 22.7 Å². The fraction of sp³-hybridized carbons (Fsp3) is 0.182. The number of halogens is 3. The summed E-state index contributed by atoms with van der Waals surface area (Å²) >= 11 is 15.4. The lowest BCUT2D eigenvalue weighted by Crippen LogP contribution is -2.08. The average Bonchev–Trinajstić information content (AvgIpc) is 3.13. The number of carbonyl (C=O) groups excluding carboxylic acids is 1. The van der Waals surface area contributed by atoms with Crippen molar-refractivity contribution in [1.29, 1.82) is 0 Å². The second-order valence-corrected chi connectivity index (χ2v) is 7.94. The molecule has 0 saturated heterocycles. The van der Waals surface area contributed by atoms with Crippen LogP contribution in [0, 0.1) is 0 Å². The third-order valence-electron chi connectivity index (χ3n) is 4.34. The van der Waals surface area contributed by atoms with Crippen LogP contribution >= 0.6 is 39.1 Å². The minimum Gasteiger partial charge on any atom is -0.493 e. The minimum absolute atomic E-state index is 0.167. The lowest BCUT2D eigenvalue weighted by atomic mass is 10.1. The topological polar surface area (TPSA) is 53.4 Å². The smallest absolute Gasteiger partial charge is 0.205 e. The molecule has 1 aromatic heterocycles. The summed E-state index contributed by atoms with van der Waals surface area (Å²) in [6, 6.07) is 10.8. The maximum atomic E-state index is 12.7. The summed E-state index contributed by atoms with van der Waals surface area (Å²) < 4.78 is 13.8. The summed E-state index contributed by atoms with van der Waals surface area (Å²) in [7, 11) is 1.57. The van der Waals surface area contributed by atoms with Crippen LogP contribution in [0.15, 0.2) is 53.1 Å². The zero-order valence-electron chi connectivity index (χ0n) is 16.4. The zero-order valence-corrected chi connectivity index (χ0v) is 19.5. The van der Waals surface area contributed by atoms with E-state index in [1.165, 1.54) is 6.08 Å². The van der Waals surface area contributed by atoms with Crippen LogP contribution in [0.25, 0.3) is 6.08 Å². The summed E-state index contributed by atoms with van der Waals surface area (Å²) in [5.74, 6) is 0.919. The molecule has 0 bridgehead atoms. The van der Waals surface area contributed by atoms with Crippen molar-refractivity contribution >= 4 is 51.0 Å². The Morgan fingerprint density at radius 2 is 2.03 bits per heavy atom. The fourth-order valence-corrected chi connectivity index (χ4v) is 3.67. The molecule has 0 aliphatic rings. The second kappa shape index (κ2) is 10.2. The second-order valence-electron chi connectivity index (χ2n) is 6.27. The number of allylic oxidation sites excluding steroid dienone is 1. The first-order chi connectivity index (χ1) is 14.4. The van der Waals surface area contributed by atoms with E-state index in [1.807, 2.05) is 25.1 Å². The highest BCUT2D eigenvalue weighted by Gasteiger charge is 2.15. The van der Waals surface area contributed by atoms with E-state index in [1.54, 1.807) is 42.3 Å². The largest absolute Gasteiger partial charge is 0.493 e. The van der Waals surface area contributed by atoms with Crippen molar-refractivity contribution in [1.82, 2.24) is 9.78 Å². The van der Waals surface area contributed by atoms with E-state index in [2.05, 4.69) is 21.0 Å². The van der Waals surface area contributed by atoms with Crippen molar-refractivity contribution < 1.29 is 14.3 Å². The third-order valence-corrected chi connectivity index (χ3v) is 5.66. The maximum absolute atomic E-state index is 12.7. The van der Waals surface area contributed by atoms with Crippen molar-refractivity contribution in [3.05, 3.63) is 80.0 Å². The quantitative estimate of drug-likeness (QED) is 0.258. The molecule has 3 rings (SSSR count). The molecule has 0 fully saturated rings. The zero-order chi connectivity index (χ0) is 21.7. The molecule has 3 aromatic rings. The molecule has 0 amide bonds. The normalized spacial score (nSPS) is 11.1. The van der Waals surface area contributed by atoms with Crippen molar-refractivity contribution in [2.45, 2.75) is 20.1 Å². The molecule has 0 aliphatic carbocycles. The van der Waals surface area contributed by atoms with Gasteiger partial charge in [-0.25, -0.2) is 0 Å². The number of para-hydroxylation sites is 1. The first-order valence-corrected chi connectivity index (χ1v) is 10.7. The Hall–Kier alpha value is -2.28. The van der Waals surface area contributed by atoms with E-state index >= 15 is 0 Å². The van der Waals surface area contributed by atoms with E-state index in [-0.39, 0.29) is 12.4 Å². The van der Waals surface area contributed by atoms with Gasteiger partial charge in [0, 0.05) is 12.1 Å². The molecule has 0 aliphatic heterocycles. The number of nitrogens with zero attached hydrogens (tertiary/aromatic N) is 2. The first kappa shape index (κ1) is 22.4. The molecule has 0 spiro atoms. The molecule has 0 saturated carbocycles. The van der Waals surface area contributed by atoms with E-state index in [9.17, 15) is 4.79 Å².